The number of aromatic nitrogens is 16. The topological polar surface area (TPSA) is 297 Å². The third-order valence-corrected chi connectivity index (χ3v) is 22.8. The lowest BCUT2D eigenvalue weighted by Crippen LogP contribution is -2.28. The van der Waals surface area contributed by atoms with E-state index in [1.54, 1.807) is 109 Å². The summed E-state index contributed by atoms with van der Waals surface area (Å²) in [6, 6.07) is 48.3. The maximum Gasteiger partial charge on any atom is 0.124 e. The van der Waals surface area contributed by atoms with Crippen LogP contribution in [0.1, 0.15) is 62.0 Å². The summed E-state index contributed by atoms with van der Waals surface area (Å²) < 4.78 is 62.2. The molecular formula is C98H105N19O11. The SMILES string of the molecule is COCCn1cc(-c2cnc3ccc(C(CC4CC4)c4cc(OC)cc(OC)c4)cc3n2)cn1.COc1cc(OC)cc(N(CC2CC2)c2ccc3ncc(-c4cnn(C)c4)nc3c2)c1.COc1cc(OC)cc(N(CC2CCCO2)c2ccc3ncc(-c4cnn(C)c4)nc3c2)c1.COc1cc(OC)cc(N(CCO)c2ccc3ncc(-c4cnn(C)c4)nc3c2)c1. The molecule has 8 aromatic carbocycles. The first-order chi connectivity index (χ1) is 62.5. The number of hydrogen-bond donors (Lipinski definition) is 1. The smallest absolute Gasteiger partial charge is 0.124 e. The highest BCUT2D eigenvalue weighted by Gasteiger charge is 2.31. The standard InChI is InChI=1S/C27H30N4O3.C25H27N5O3.C24H25N5O2.C22H23N5O3/c1-32-9-8-31-17-21(15-29-31)27-16-28-25-7-6-19(13-26(25)30-27)24(10-18-4-5-18)20-11-22(33-2)14-23(12-20)34-3;1-29-15-17(13-27-29)25-14-26-23-7-6-18(11-24(23)28-25)30(16-20-5-4-8-33-20)19-9-21(31-2)12-22(10-19)32-3;1-28-15-17(12-26-28)24-13-25-22-7-6-18(10-23(22)27-24)29(14-16-4-5-16)19-8-20(30-2)11-21(9-19)31-3;1-26-14-15(12-24-26)22-13-23-20-5-4-16(10-21(20)25-22)27(6-7-28)17-8-18(29-2)11-19(9-17)30-3/h6-7,11-18,24H,4-5,8-10H2,1-3H3;6-7,9-15,20H,4-5,8,16H2,1-3H3;6-13,15-16H,4-5,14H2,1-3H3;4-5,8-14,28H,6-7H2,1-3H3. The van der Waals surface area contributed by atoms with E-state index in [9.17, 15) is 5.11 Å². The minimum atomic E-state index is -0.0149. The van der Waals surface area contributed by atoms with E-state index in [1.807, 2.05) is 165 Å². The normalized spacial score (nSPS) is 13.6. The van der Waals surface area contributed by atoms with Gasteiger partial charge in [0.2, 0.25) is 0 Å². The molecule has 8 aromatic heterocycles. The van der Waals surface area contributed by atoms with Crippen LogP contribution in [0.15, 0.2) is 220 Å². The van der Waals surface area contributed by atoms with Crippen LogP contribution >= 0.6 is 0 Å². The molecule has 1 saturated heterocycles. The van der Waals surface area contributed by atoms with Crippen LogP contribution in [0.3, 0.4) is 0 Å². The summed E-state index contributed by atoms with van der Waals surface area (Å²) in [5, 5.41) is 26.8. The van der Waals surface area contributed by atoms with Crippen LogP contribution in [0, 0.1) is 11.8 Å². The Kier molecular flexibility index (Phi) is 27.4. The van der Waals surface area contributed by atoms with Crippen LogP contribution in [-0.2, 0) is 37.2 Å². The van der Waals surface area contributed by atoms with Crippen molar-refractivity contribution in [2.75, 3.05) is 118 Å². The fraction of sp³-hybridized carbons (Fsp3) is 0.306. The summed E-state index contributed by atoms with van der Waals surface area (Å²) in [4.78, 5) is 44.4. The molecule has 2 aliphatic carbocycles. The molecule has 2 unspecified atom stereocenters. The van der Waals surface area contributed by atoms with Gasteiger partial charge in [0.1, 0.15) is 46.0 Å². The minimum absolute atomic E-state index is 0.0149. The highest BCUT2D eigenvalue weighted by atomic mass is 16.5. The summed E-state index contributed by atoms with van der Waals surface area (Å²) in [7, 11) is 20.6. The second-order valence-electron chi connectivity index (χ2n) is 31.7. The van der Waals surface area contributed by atoms with Gasteiger partial charge in [0.05, 0.1) is 199 Å². The van der Waals surface area contributed by atoms with Crippen molar-refractivity contribution in [2.45, 2.75) is 63.5 Å². The van der Waals surface area contributed by atoms with Gasteiger partial charge in [-0.25, -0.2) is 19.9 Å². The van der Waals surface area contributed by atoms with Gasteiger partial charge >= 0.3 is 0 Å². The number of aliphatic hydroxyl groups excluding tert-OH is 1. The zero-order chi connectivity index (χ0) is 88.7. The molecule has 2 saturated carbocycles. The highest BCUT2D eigenvalue weighted by molar-refractivity contribution is 5.86. The van der Waals surface area contributed by atoms with E-state index < -0.39 is 0 Å². The van der Waals surface area contributed by atoms with Crippen molar-refractivity contribution < 1.29 is 52.5 Å². The number of anilines is 6. The fourth-order valence-corrected chi connectivity index (χ4v) is 15.6. The Morgan fingerprint density at radius 3 is 1.10 bits per heavy atom. The Hall–Kier alpha value is -14.4. The molecule has 9 heterocycles. The molecule has 128 heavy (non-hydrogen) atoms. The van der Waals surface area contributed by atoms with Crippen LogP contribution in [0.4, 0.5) is 34.1 Å². The average molecular weight is 1730 g/mol. The number of aryl methyl sites for hydroxylation is 3. The van der Waals surface area contributed by atoms with Gasteiger partial charge in [-0.1, -0.05) is 18.9 Å². The van der Waals surface area contributed by atoms with Gasteiger partial charge in [-0.15, -0.1) is 0 Å². The molecule has 0 bridgehead atoms. The van der Waals surface area contributed by atoms with E-state index in [1.165, 1.54) is 36.8 Å². The Labute approximate surface area is 742 Å². The Morgan fingerprint density at radius 2 is 0.734 bits per heavy atom. The Bertz CT molecular complexity index is 6410. The minimum Gasteiger partial charge on any atom is -0.497 e. The van der Waals surface area contributed by atoms with Crippen LogP contribution in [0.25, 0.3) is 89.2 Å². The van der Waals surface area contributed by atoms with Crippen molar-refractivity contribution in [1.29, 1.82) is 0 Å². The highest BCUT2D eigenvalue weighted by Crippen LogP contribution is 2.45. The van der Waals surface area contributed by atoms with Crippen LogP contribution in [0.2, 0.25) is 0 Å². The Morgan fingerprint density at radius 1 is 0.367 bits per heavy atom. The van der Waals surface area contributed by atoms with Crippen molar-refractivity contribution in [1.82, 2.24) is 79.0 Å². The third-order valence-electron chi connectivity index (χ3n) is 22.8. The summed E-state index contributed by atoms with van der Waals surface area (Å²) in [6.45, 7) is 4.17. The quantitative estimate of drug-likeness (QED) is 0.0422. The molecule has 19 rings (SSSR count). The molecule has 2 atom stereocenters. The van der Waals surface area contributed by atoms with Gasteiger partial charge < -0.3 is 67.2 Å². The van der Waals surface area contributed by atoms with Crippen LogP contribution < -0.4 is 52.6 Å². The molecule has 3 aliphatic rings. The van der Waals surface area contributed by atoms with Crippen molar-refractivity contribution in [3.05, 3.63) is 231 Å². The van der Waals surface area contributed by atoms with Gasteiger partial charge in [0.25, 0.3) is 0 Å². The molecular weight excluding hydrogens is 1620 g/mol. The predicted octanol–water partition coefficient (Wildman–Crippen LogP) is 17.2. The maximum absolute atomic E-state index is 9.68. The molecule has 0 spiro atoms. The summed E-state index contributed by atoms with van der Waals surface area (Å²) in [5.41, 5.74) is 21.9. The lowest BCUT2D eigenvalue weighted by atomic mass is 9.86. The van der Waals surface area contributed by atoms with E-state index >= 15 is 0 Å². The summed E-state index contributed by atoms with van der Waals surface area (Å²) in [5.74, 6) is 7.68. The lowest BCUT2D eigenvalue weighted by Gasteiger charge is -2.28. The maximum atomic E-state index is 9.68. The first-order valence-corrected chi connectivity index (χ1v) is 42.6. The largest absolute Gasteiger partial charge is 0.497 e. The molecule has 0 amide bonds. The molecule has 16 aromatic rings. The molecule has 1 N–H and O–H groups in total. The van der Waals surface area contributed by atoms with E-state index in [-0.39, 0.29) is 18.6 Å². The van der Waals surface area contributed by atoms with Crippen LogP contribution in [0.5, 0.6) is 46.0 Å². The summed E-state index contributed by atoms with van der Waals surface area (Å²) in [6.07, 6.45) is 30.6. The number of aliphatic hydroxyl groups is 1. The third kappa shape index (κ3) is 21.2. The molecule has 30 heteroatoms. The predicted molar refractivity (Wildman–Crippen MR) is 495 cm³/mol. The Balaban J connectivity index is 0.000000125. The van der Waals surface area contributed by atoms with Crippen molar-refractivity contribution in [3.8, 4) is 91.0 Å². The number of fused-ring (bicyclic) bond motifs is 4. The molecule has 1 aliphatic heterocycles. The second-order valence-corrected chi connectivity index (χ2v) is 31.7. The van der Waals surface area contributed by atoms with Crippen molar-refractivity contribution in [3.63, 3.8) is 0 Å². The van der Waals surface area contributed by atoms with Gasteiger partial charge in [-0.05, 0) is 134 Å². The van der Waals surface area contributed by atoms with Gasteiger partial charge in [0, 0.05) is 202 Å². The van der Waals surface area contributed by atoms with Gasteiger partial charge in [-0.3, -0.25) is 38.7 Å². The monoisotopic (exact) mass is 1720 g/mol. The zero-order valence-electron chi connectivity index (χ0n) is 74.0. The van der Waals surface area contributed by atoms with E-state index in [0.717, 1.165) is 203 Å². The molecule has 0 radical (unpaired) electrons. The fourth-order valence-electron chi connectivity index (χ4n) is 15.6. The van der Waals surface area contributed by atoms with Crippen LogP contribution in [-0.4, -0.2) is 194 Å². The van der Waals surface area contributed by atoms with E-state index in [0.29, 0.717) is 37.1 Å². The zero-order valence-corrected chi connectivity index (χ0v) is 74.0. The van der Waals surface area contributed by atoms with Gasteiger partial charge in [-0.2, -0.15) is 20.4 Å². The lowest BCUT2D eigenvalue weighted by molar-refractivity contribution is 0.117. The number of ether oxygens (including phenoxy) is 10. The second kappa shape index (κ2) is 40.3. The summed E-state index contributed by atoms with van der Waals surface area (Å²) >= 11 is 0. The average Bonchev–Trinajstić information content (AvgIpc) is 1.22. The number of benzene rings is 8. The molecule has 3 fully saturated rings. The molecule has 30 nitrogen and oxygen atoms in total. The van der Waals surface area contributed by atoms with Crippen molar-refractivity contribution >= 4 is 78.3 Å². The molecule has 658 valence electrons. The first kappa shape index (κ1) is 87.1. The first-order valence-electron chi connectivity index (χ1n) is 42.6. The van der Waals surface area contributed by atoms with E-state index in [2.05, 4.69) is 105 Å². The number of hydrogen-bond acceptors (Lipinski definition) is 26. The number of nitrogens with zero attached hydrogens (tertiary/aromatic N) is 19. The number of rotatable bonds is 31. The van der Waals surface area contributed by atoms with E-state index in [4.69, 9.17) is 67.3 Å². The number of methoxy groups -OCH3 is 9. The van der Waals surface area contributed by atoms with Crippen molar-refractivity contribution in [2.24, 2.45) is 33.0 Å². The van der Waals surface area contributed by atoms with Gasteiger partial charge in [0.15, 0.2) is 0 Å².